The Kier molecular flexibility index (Phi) is 7.69. The van der Waals surface area contributed by atoms with E-state index in [0.717, 1.165) is 0 Å². The Morgan fingerprint density at radius 2 is 1.47 bits per heavy atom. The number of rotatable bonds is 6. The molecule has 1 fully saturated rings. The van der Waals surface area contributed by atoms with E-state index in [1.165, 1.54) is 35.5 Å². The number of benzene rings is 2. The molecule has 1 aliphatic heterocycles. The van der Waals surface area contributed by atoms with Crippen molar-refractivity contribution in [2.24, 2.45) is 0 Å². The van der Waals surface area contributed by atoms with Gasteiger partial charge in [0.1, 0.15) is 11.3 Å². The molecule has 2 aromatic rings. The van der Waals surface area contributed by atoms with Gasteiger partial charge in [-0.1, -0.05) is 18.7 Å². The van der Waals surface area contributed by atoms with Crippen LogP contribution in [0, 0.1) is 0 Å². The molecule has 8 nitrogen and oxygen atoms in total. The van der Waals surface area contributed by atoms with Crippen LogP contribution in [0.4, 0.5) is 5.69 Å². The minimum absolute atomic E-state index is 0.0794. The van der Waals surface area contributed by atoms with Crippen LogP contribution in [0.25, 0.3) is 0 Å². The number of anilines is 1. The van der Waals surface area contributed by atoms with Crippen molar-refractivity contribution in [3.63, 3.8) is 0 Å². The van der Waals surface area contributed by atoms with Gasteiger partial charge in [-0.3, -0.25) is 4.79 Å². The summed E-state index contributed by atoms with van der Waals surface area (Å²) >= 11 is 0. The second kappa shape index (κ2) is 10.2. The molecular formula is C22H25NO7. The molecule has 8 heteroatoms. The third-order valence-corrected chi connectivity index (χ3v) is 4.37. The van der Waals surface area contributed by atoms with Crippen LogP contribution in [-0.2, 0) is 9.53 Å². The van der Waals surface area contributed by atoms with Gasteiger partial charge in [-0.2, -0.15) is 0 Å². The molecule has 1 saturated heterocycles. The molecule has 0 radical (unpaired) electrons. The van der Waals surface area contributed by atoms with Crippen molar-refractivity contribution in [1.29, 1.82) is 0 Å². The average molecular weight is 415 g/mol. The fourth-order valence-electron chi connectivity index (χ4n) is 2.78. The molecule has 0 saturated carbocycles. The zero-order valence-electron chi connectivity index (χ0n) is 17.7. The Morgan fingerprint density at radius 3 is 1.90 bits per heavy atom. The van der Waals surface area contributed by atoms with E-state index in [4.69, 9.17) is 18.9 Å². The molecule has 0 aromatic heterocycles. The maximum absolute atomic E-state index is 11.6. The minimum Gasteiger partial charge on any atom is -0.496 e. The monoisotopic (exact) mass is 415 g/mol. The van der Waals surface area contributed by atoms with E-state index in [-0.39, 0.29) is 11.9 Å². The Morgan fingerprint density at radius 1 is 0.900 bits per heavy atom. The highest BCUT2D eigenvalue weighted by Crippen LogP contribution is 2.42. The number of para-hydroxylation sites is 1. The smallest absolute Gasteiger partial charge is 0.341 e. The van der Waals surface area contributed by atoms with Crippen LogP contribution < -0.4 is 23.8 Å². The average Bonchev–Trinajstić information content (AvgIpc) is 2.80. The highest BCUT2D eigenvalue weighted by Gasteiger charge is 2.31. The van der Waals surface area contributed by atoms with Gasteiger partial charge in [0.05, 0.1) is 47.8 Å². The summed E-state index contributed by atoms with van der Waals surface area (Å²) in [6, 6.07) is 10.4. The van der Waals surface area contributed by atoms with Gasteiger partial charge in [0.15, 0.2) is 11.5 Å². The van der Waals surface area contributed by atoms with Crippen molar-refractivity contribution in [3.05, 3.63) is 54.1 Å². The summed E-state index contributed by atoms with van der Waals surface area (Å²) in [5, 5.41) is 0. The van der Waals surface area contributed by atoms with Gasteiger partial charge in [-0.25, -0.2) is 4.79 Å². The molecular weight excluding hydrogens is 390 g/mol. The molecule has 3 rings (SSSR count). The van der Waals surface area contributed by atoms with Gasteiger partial charge < -0.3 is 28.6 Å². The zero-order chi connectivity index (χ0) is 22.3. The van der Waals surface area contributed by atoms with Crippen LogP contribution >= 0.6 is 0 Å². The number of ether oxygens (including phenoxy) is 5. The van der Waals surface area contributed by atoms with Crippen molar-refractivity contribution >= 4 is 17.6 Å². The van der Waals surface area contributed by atoms with Crippen LogP contribution in [0.2, 0.25) is 0 Å². The molecule has 30 heavy (non-hydrogen) atoms. The number of hydrogen-bond donors (Lipinski definition) is 0. The molecule has 0 unspecified atom stereocenters. The van der Waals surface area contributed by atoms with E-state index in [0.29, 0.717) is 46.4 Å². The first-order valence-electron chi connectivity index (χ1n) is 8.92. The fourth-order valence-corrected chi connectivity index (χ4v) is 2.78. The van der Waals surface area contributed by atoms with Crippen molar-refractivity contribution in [1.82, 2.24) is 0 Å². The first-order valence-corrected chi connectivity index (χ1v) is 8.92. The first-order chi connectivity index (χ1) is 14.4. The minimum atomic E-state index is -0.382. The molecule has 0 aliphatic carbocycles. The largest absolute Gasteiger partial charge is 0.496 e. The van der Waals surface area contributed by atoms with E-state index in [9.17, 15) is 9.59 Å². The summed E-state index contributed by atoms with van der Waals surface area (Å²) in [4.78, 5) is 24.3. The highest BCUT2D eigenvalue weighted by atomic mass is 16.5. The number of amides is 1. The Bertz CT molecular complexity index is 914. The van der Waals surface area contributed by atoms with Gasteiger partial charge in [-0.15, -0.1) is 0 Å². The maximum atomic E-state index is 11.6. The van der Waals surface area contributed by atoms with Crippen LogP contribution in [0.15, 0.2) is 48.6 Å². The Hall–Kier alpha value is -3.68. The summed E-state index contributed by atoms with van der Waals surface area (Å²) in [5.74, 6) is 1.63. The summed E-state index contributed by atoms with van der Waals surface area (Å²) in [6.45, 7) is 4.18. The molecule has 160 valence electrons. The predicted octanol–water partition coefficient (Wildman–Crippen LogP) is 3.10. The van der Waals surface area contributed by atoms with Gasteiger partial charge >= 0.3 is 5.97 Å². The van der Waals surface area contributed by atoms with Crippen molar-refractivity contribution in [3.8, 4) is 23.0 Å². The number of carbonyl (C=O) groups is 2. The predicted molar refractivity (Wildman–Crippen MR) is 112 cm³/mol. The highest BCUT2D eigenvalue weighted by molar-refractivity contribution is 6.13. The van der Waals surface area contributed by atoms with Crippen LogP contribution in [0.1, 0.15) is 10.4 Å². The van der Waals surface area contributed by atoms with Gasteiger partial charge in [0.25, 0.3) is 5.91 Å². The summed E-state index contributed by atoms with van der Waals surface area (Å²) in [6.07, 6.45) is 0. The summed E-state index contributed by atoms with van der Waals surface area (Å²) < 4.78 is 25.2. The van der Waals surface area contributed by atoms with E-state index < -0.39 is 0 Å². The van der Waals surface area contributed by atoms with Crippen LogP contribution in [-0.4, -0.2) is 54.0 Å². The van der Waals surface area contributed by atoms with Crippen LogP contribution in [0.5, 0.6) is 23.0 Å². The van der Waals surface area contributed by atoms with Gasteiger partial charge in [-0.05, 0) is 12.1 Å². The SMILES string of the molecule is C=C1CN(c2cc(OC)c(OC)c(OC)c2)C1=O.COC(=O)c1ccccc1OC. The summed E-state index contributed by atoms with van der Waals surface area (Å²) in [7, 11) is 7.48. The van der Waals surface area contributed by atoms with Gasteiger partial charge in [0, 0.05) is 17.7 Å². The van der Waals surface area contributed by atoms with Crippen molar-refractivity contribution < 1.29 is 33.3 Å². The summed E-state index contributed by atoms with van der Waals surface area (Å²) in [5.41, 5.74) is 1.76. The number of esters is 1. The zero-order valence-corrected chi connectivity index (χ0v) is 17.7. The lowest BCUT2D eigenvalue weighted by molar-refractivity contribution is -0.117. The molecule has 1 heterocycles. The number of carbonyl (C=O) groups excluding carboxylic acids is 2. The lowest BCUT2D eigenvalue weighted by Crippen LogP contribution is -2.45. The van der Waals surface area contributed by atoms with E-state index >= 15 is 0 Å². The quantitative estimate of drug-likeness (QED) is 0.407. The Balaban J connectivity index is 0.000000232. The van der Waals surface area contributed by atoms with Crippen LogP contribution in [0.3, 0.4) is 0 Å². The van der Waals surface area contributed by atoms with Gasteiger partial charge in [0.2, 0.25) is 5.75 Å². The molecule has 2 aromatic carbocycles. The van der Waals surface area contributed by atoms with E-state index in [1.807, 2.05) is 0 Å². The first kappa shape index (κ1) is 22.6. The van der Waals surface area contributed by atoms with Crippen molar-refractivity contribution in [2.75, 3.05) is 47.0 Å². The van der Waals surface area contributed by atoms with E-state index in [1.54, 1.807) is 41.3 Å². The number of β-lactam (4-membered cyclic amide) rings is 1. The Labute approximate surface area is 175 Å². The molecule has 1 amide bonds. The topological polar surface area (TPSA) is 83.5 Å². The molecule has 1 aliphatic rings. The molecule has 0 spiro atoms. The third-order valence-electron chi connectivity index (χ3n) is 4.37. The second-order valence-electron chi connectivity index (χ2n) is 6.07. The third kappa shape index (κ3) is 4.65. The van der Waals surface area contributed by atoms with E-state index in [2.05, 4.69) is 11.3 Å². The fraction of sp³-hybridized carbons (Fsp3) is 0.273. The normalized spacial score (nSPS) is 12.2. The number of methoxy groups -OCH3 is 5. The molecule has 0 atom stereocenters. The second-order valence-corrected chi connectivity index (χ2v) is 6.07. The maximum Gasteiger partial charge on any atom is 0.341 e. The lowest BCUT2D eigenvalue weighted by Gasteiger charge is -2.33. The molecule has 0 bridgehead atoms. The lowest BCUT2D eigenvalue weighted by atomic mass is 10.1. The molecule has 0 N–H and O–H groups in total. The van der Waals surface area contributed by atoms with Crippen molar-refractivity contribution in [2.45, 2.75) is 0 Å². The standard InChI is InChI=1S/C13H15NO4.C9H10O3/c1-8-7-14(13(8)15)9-5-10(16-2)12(18-4)11(6-9)17-3;1-11-8-6-4-3-5-7(8)9(10)12-2/h5-6H,1,7H2,2-4H3;3-6H,1-2H3. The number of nitrogens with zero attached hydrogens (tertiary/aromatic N) is 1. The number of hydrogen-bond acceptors (Lipinski definition) is 7.